The van der Waals surface area contributed by atoms with Gasteiger partial charge in [0.1, 0.15) is 48.9 Å². The molecule has 0 aromatic heterocycles. The summed E-state index contributed by atoms with van der Waals surface area (Å²) >= 11 is 0. The van der Waals surface area contributed by atoms with Gasteiger partial charge in [0.25, 0.3) is 0 Å². The number of esters is 1. The van der Waals surface area contributed by atoms with Crippen LogP contribution in [0.2, 0.25) is 0 Å². The average molecular weight is 703 g/mol. The standard InChI is InChI=1S/C34H24O11.C6H6O/c1-2-40-28-13-15-30(33(37)38)31(19-28)34(39)43-20-23-8-10-24(11-9-23)21-44-45-22-25-18-27(12-14-29(25)32(35)36)42-17-16-41-26-6-4-3-5-7-26;7-6-4-2-1-3-5-6/h1,3-15,18-19H,20-22H2,(H,35,36)(H,37,38);1-5,7H. The number of rotatable bonds is 13. The van der Waals surface area contributed by atoms with Gasteiger partial charge in [-0.2, -0.15) is 0 Å². The maximum atomic E-state index is 12.6. The van der Waals surface area contributed by atoms with Gasteiger partial charge in [0.2, 0.25) is 0 Å². The smallest absolute Gasteiger partial charge is 0.339 e. The summed E-state index contributed by atoms with van der Waals surface area (Å²) in [5, 5.41) is 27.5. The lowest BCUT2D eigenvalue weighted by Gasteiger charge is -2.10. The monoisotopic (exact) mass is 702 g/mol. The van der Waals surface area contributed by atoms with E-state index in [-0.39, 0.29) is 48.0 Å². The van der Waals surface area contributed by atoms with E-state index in [4.69, 9.17) is 40.3 Å². The molecule has 0 heterocycles. The molecule has 262 valence electrons. The summed E-state index contributed by atoms with van der Waals surface area (Å²) in [6, 6.07) is 32.5. The van der Waals surface area contributed by atoms with E-state index >= 15 is 0 Å². The van der Waals surface area contributed by atoms with Crippen LogP contribution < -0.4 is 14.2 Å². The zero-order valence-corrected chi connectivity index (χ0v) is 27.3. The molecule has 5 aromatic rings. The molecule has 12 heteroatoms. The maximum absolute atomic E-state index is 12.6. The summed E-state index contributed by atoms with van der Waals surface area (Å²) in [6.07, 6.45) is 11.9. The molecule has 0 saturated heterocycles. The number of carboxylic acids is 2. The van der Waals surface area contributed by atoms with Crippen LogP contribution in [0.3, 0.4) is 0 Å². The fourth-order valence-electron chi connectivity index (χ4n) is 4.22. The molecule has 52 heavy (non-hydrogen) atoms. The van der Waals surface area contributed by atoms with Crippen LogP contribution in [-0.4, -0.2) is 33.2 Å². The minimum atomic E-state index is -1.31. The van der Waals surface area contributed by atoms with Crippen LogP contribution in [-0.2, 0) is 34.3 Å². The fraction of sp³-hybridized carbons (Fsp3) is 0.0750. The number of ether oxygens (including phenoxy) is 4. The molecule has 5 aromatic carbocycles. The van der Waals surface area contributed by atoms with Crippen molar-refractivity contribution in [1.29, 1.82) is 0 Å². The van der Waals surface area contributed by atoms with Gasteiger partial charge in [-0.3, -0.25) is 0 Å². The first-order chi connectivity index (χ1) is 25.2. The van der Waals surface area contributed by atoms with Crippen molar-refractivity contribution in [3.05, 3.63) is 155 Å². The van der Waals surface area contributed by atoms with Crippen LogP contribution in [0, 0.1) is 24.7 Å². The Hall–Kier alpha value is -7.25. The van der Waals surface area contributed by atoms with Crippen molar-refractivity contribution in [3.8, 4) is 47.7 Å². The van der Waals surface area contributed by atoms with Gasteiger partial charge in [0.15, 0.2) is 12.2 Å². The van der Waals surface area contributed by atoms with Gasteiger partial charge in [-0.25, -0.2) is 24.2 Å². The van der Waals surface area contributed by atoms with Crippen molar-refractivity contribution >= 4 is 17.9 Å². The molecule has 5 rings (SSSR count). The molecule has 0 spiro atoms. The number of aromatic carboxylic acids is 2. The predicted molar refractivity (Wildman–Crippen MR) is 185 cm³/mol. The third-order valence-corrected chi connectivity index (χ3v) is 6.72. The highest BCUT2D eigenvalue weighted by Crippen LogP contribution is 2.21. The molecule has 0 aliphatic heterocycles. The van der Waals surface area contributed by atoms with Gasteiger partial charge in [0.05, 0.1) is 16.7 Å². The van der Waals surface area contributed by atoms with Crippen molar-refractivity contribution in [1.82, 2.24) is 0 Å². The largest absolute Gasteiger partial charge is 0.508 e. The van der Waals surface area contributed by atoms with E-state index in [0.717, 1.165) is 0 Å². The number of phenolic OH excluding ortho intramolecular Hbond substituents is 1. The summed E-state index contributed by atoms with van der Waals surface area (Å²) in [5.41, 5.74) is 1.18. The van der Waals surface area contributed by atoms with E-state index in [1.54, 1.807) is 72.8 Å². The first kappa shape index (κ1) is 37.6. The molecule has 0 saturated carbocycles. The normalized spacial score (nSPS) is 9.83. The molecule has 0 atom stereocenters. The van der Waals surface area contributed by atoms with Gasteiger partial charge < -0.3 is 34.3 Å². The Labute approximate surface area is 298 Å². The van der Waals surface area contributed by atoms with Crippen LogP contribution in [0.25, 0.3) is 0 Å². The van der Waals surface area contributed by atoms with Crippen molar-refractivity contribution in [2.45, 2.75) is 19.8 Å². The van der Waals surface area contributed by atoms with Gasteiger partial charge in [-0.1, -0.05) is 67.1 Å². The Bertz CT molecular complexity index is 2060. The van der Waals surface area contributed by atoms with Gasteiger partial charge in [-0.05, 0) is 77.4 Å². The molecule has 0 bridgehead atoms. The van der Waals surface area contributed by atoms with Crippen LogP contribution in [0.15, 0.2) is 121 Å². The number of para-hydroxylation sites is 2. The van der Waals surface area contributed by atoms with Gasteiger partial charge in [-0.15, -0.1) is 0 Å². The summed E-state index contributed by atoms with van der Waals surface area (Å²) < 4.78 is 20.7. The molecule has 12 nitrogen and oxygen atoms in total. The SMILES string of the molecule is C#COc1ccc(C(=O)O)c(C(=O)OCc2ccc(COOCc3cc(OC#COc4ccccc4)ccc3C(=O)O)cc2)c1.Oc1ccccc1. The Morgan fingerprint density at radius 1 is 0.558 bits per heavy atom. The molecule has 0 radical (unpaired) electrons. The van der Waals surface area contributed by atoms with Crippen LogP contribution in [0.4, 0.5) is 0 Å². The Morgan fingerprint density at radius 3 is 1.67 bits per heavy atom. The molecule has 0 aliphatic rings. The minimum absolute atomic E-state index is 0.00381. The summed E-state index contributed by atoms with van der Waals surface area (Å²) in [7, 11) is 0. The van der Waals surface area contributed by atoms with E-state index in [0.29, 0.717) is 28.2 Å². The lowest BCUT2D eigenvalue weighted by Crippen LogP contribution is -2.12. The number of carbonyl (C=O) groups is 3. The van der Waals surface area contributed by atoms with E-state index in [1.807, 2.05) is 18.2 Å². The molecular formula is C40H30O12. The number of carbonyl (C=O) groups excluding carboxylic acids is 1. The first-order valence-electron chi connectivity index (χ1n) is 15.2. The second kappa shape index (κ2) is 19.7. The average Bonchev–Trinajstić information content (AvgIpc) is 3.15. The second-order valence-electron chi connectivity index (χ2n) is 10.3. The molecule has 0 amide bonds. The van der Waals surface area contributed by atoms with Gasteiger partial charge in [0, 0.05) is 0 Å². The topological polar surface area (TPSA) is 167 Å². The fourth-order valence-corrected chi connectivity index (χ4v) is 4.22. The van der Waals surface area contributed by atoms with Crippen LogP contribution >= 0.6 is 0 Å². The Morgan fingerprint density at radius 2 is 1.10 bits per heavy atom. The van der Waals surface area contributed by atoms with Crippen molar-refractivity contribution in [3.63, 3.8) is 0 Å². The quantitative estimate of drug-likeness (QED) is 0.0385. The number of benzene rings is 5. The third kappa shape index (κ3) is 12.0. The molecule has 3 N–H and O–H groups in total. The lowest BCUT2D eigenvalue weighted by molar-refractivity contribution is -0.313. The Kier molecular flexibility index (Phi) is 14.2. The summed E-state index contributed by atoms with van der Waals surface area (Å²) in [4.78, 5) is 46.2. The lowest BCUT2D eigenvalue weighted by atomic mass is 10.1. The molecule has 0 unspecified atom stereocenters. The van der Waals surface area contributed by atoms with E-state index in [1.165, 1.54) is 36.4 Å². The molecule has 0 aliphatic carbocycles. The van der Waals surface area contributed by atoms with Crippen molar-refractivity contribution in [2.24, 2.45) is 0 Å². The van der Waals surface area contributed by atoms with Crippen molar-refractivity contribution in [2.75, 3.05) is 0 Å². The summed E-state index contributed by atoms with van der Waals surface area (Å²) in [5.74, 6) is -2.04. The zero-order valence-electron chi connectivity index (χ0n) is 27.3. The number of hydrogen-bond acceptors (Lipinski definition) is 10. The highest BCUT2D eigenvalue weighted by Gasteiger charge is 2.19. The highest BCUT2D eigenvalue weighted by atomic mass is 17.2. The summed E-state index contributed by atoms with van der Waals surface area (Å²) in [6.45, 7) is -0.285. The second-order valence-corrected chi connectivity index (χ2v) is 10.3. The molecule has 0 fully saturated rings. The number of terminal acetylenes is 1. The van der Waals surface area contributed by atoms with E-state index < -0.39 is 17.9 Å². The number of phenols is 1. The zero-order chi connectivity index (χ0) is 37.1. The first-order valence-corrected chi connectivity index (χ1v) is 15.2. The van der Waals surface area contributed by atoms with Crippen LogP contribution in [0.5, 0.6) is 23.0 Å². The minimum Gasteiger partial charge on any atom is -0.508 e. The third-order valence-electron chi connectivity index (χ3n) is 6.72. The number of carboxylic acid groups (broad SMARTS) is 2. The predicted octanol–water partition coefficient (Wildman–Crippen LogP) is 6.83. The van der Waals surface area contributed by atoms with E-state index in [2.05, 4.69) is 12.2 Å². The van der Waals surface area contributed by atoms with Crippen molar-refractivity contribution < 1.29 is 58.4 Å². The molecular weight excluding hydrogens is 672 g/mol. The van der Waals surface area contributed by atoms with Crippen LogP contribution in [0.1, 0.15) is 47.8 Å². The van der Waals surface area contributed by atoms with Gasteiger partial charge >= 0.3 is 17.9 Å². The highest BCUT2D eigenvalue weighted by molar-refractivity contribution is 6.02. The maximum Gasteiger partial charge on any atom is 0.339 e. The Balaban J connectivity index is 0.000000771. The van der Waals surface area contributed by atoms with E-state index in [9.17, 15) is 24.6 Å². The number of aromatic hydroxyl groups is 1. The number of hydrogen-bond donors (Lipinski definition) is 3.